The molecule has 0 atom stereocenters. The van der Waals surface area contributed by atoms with Gasteiger partial charge in [0, 0.05) is 0 Å². The van der Waals surface area contributed by atoms with Gasteiger partial charge in [0.1, 0.15) is 0 Å². The van der Waals surface area contributed by atoms with Crippen molar-refractivity contribution in [2.75, 3.05) is 0 Å². The summed E-state index contributed by atoms with van der Waals surface area (Å²) in [6, 6.07) is 0. The molecule has 1 aliphatic carbocycles. The van der Waals surface area contributed by atoms with Crippen molar-refractivity contribution in [3.63, 3.8) is 0 Å². The van der Waals surface area contributed by atoms with E-state index >= 15 is 0 Å². The maximum atomic E-state index is 9.75. The van der Waals surface area contributed by atoms with E-state index in [-0.39, 0.29) is 51.4 Å². The van der Waals surface area contributed by atoms with Crippen LogP contribution in [0, 0.1) is 6.42 Å². The Balaban J connectivity index is 0. The van der Waals surface area contributed by atoms with Gasteiger partial charge in [-0.3, -0.25) is 0 Å². The van der Waals surface area contributed by atoms with Crippen LogP contribution in [0.3, 0.4) is 0 Å². The largest absolute Gasteiger partial charge is 1.00 e. The van der Waals surface area contributed by atoms with Crippen LogP contribution in [-0.2, 0) is 0 Å². The first kappa shape index (κ1) is 14.9. The number of rotatable bonds is 0. The summed E-state index contributed by atoms with van der Waals surface area (Å²) in [6.07, 6.45) is 8.00. The molecular weight excluding hydrogens is 186 g/mol. The number of hydrogen-bond acceptors (Lipinski definition) is 0. The Morgan fingerprint density at radius 1 is 0.909 bits per heavy atom. The van der Waals surface area contributed by atoms with Gasteiger partial charge in [0.15, 0.2) is 0 Å². The van der Waals surface area contributed by atoms with E-state index in [4.69, 9.17) is 0 Å². The zero-order chi connectivity index (χ0) is 8.04. The third kappa shape index (κ3) is 24.6. The Kier molecular flexibility index (Phi) is 10.9. The van der Waals surface area contributed by atoms with Gasteiger partial charge in [-0.2, -0.15) is 12.8 Å². The Labute approximate surface area is 107 Å². The summed E-state index contributed by atoms with van der Waals surface area (Å²) < 4.78 is 39.0. The second kappa shape index (κ2) is 8.04. The van der Waals surface area contributed by atoms with E-state index in [1.807, 2.05) is 0 Å². The van der Waals surface area contributed by atoms with E-state index in [9.17, 15) is 17.3 Å². The number of hydrogen-bond donors (Lipinski definition) is 0. The Bertz CT molecular complexity index is 67.4. The standard InChI is InChI=1S/C5H9.BF4.K/c1-2-4-5-3-1;2-1(3,4)5;/h1H,2-5H2;;/q2*-1;+1. The van der Waals surface area contributed by atoms with Gasteiger partial charge >= 0.3 is 58.6 Å². The SMILES string of the molecule is F[B-](F)(F)F.[CH-]1CCCC1.[K+]. The smallest absolute Gasteiger partial charge is 0.418 e. The van der Waals surface area contributed by atoms with Crippen LogP contribution in [0.15, 0.2) is 0 Å². The molecule has 0 N–H and O–H groups in total. The van der Waals surface area contributed by atoms with Gasteiger partial charge in [-0.25, -0.2) is 0 Å². The van der Waals surface area contributed by atoms with Crippen molar-refractivity contribution in [2.24, 2.45) is 0 Å². The van der Waals surface area contributed by atoms with Crippen molar-refractivity contribution in [1.82, 2.24) is 0 Å². The molecule has 11 heavy (non-hydrogen) atoms. The molecule has 1 fully saturated rings. The molecule has 0 aromatic carbocycles. The van der Waals surface area contributed by atoms with Crippen LogP contribution >= 0.6 is 0 Å². The molecule has 0 bridgehead atoms. The van der Waals surface area contributed by atoms with Crippen molar-refractivity contribution in [3.8, 4) is 0 Å². The molecule has 0 aliphatic heterocycles. The van der Waals surface area contributed by atoms with Crippen LogP contribution in [0.4, 0.5) is 17.3 Å². The van der Waals surface area contributed by atoms with Gasteiger partial charge in [-0.1, -0.05) is 12.8 Å². The second-order valence-electron chi connectivity index (χ2n) is 2.07. The minimum Gasteiger partial charge on any atom is -0.418 e. The molecule has 0 nitrogen and oxygen atoms in total. The molecule has 62 valence electrons. The topological polar surface area (TPSA) is 0 Å². The van der Waals surface area contributed by atoms with E-state index in [0.29, 0.717) is 0 Å². The molecule has 0 unspecified atom stereocenters. The van der Waals surface area contributed by atoms with Crippen LogP contribution in [0.1, 0.15) is 25.7 Å². The minimum absolute atomic E-state index is 0. The fourth-order valence-corrected chi connectivity index (χ4v) is 0.722. The van der Waals surface area contributed by atoms with Crippen LogP contribution in [-0.4, -0.2) is 7.25 Å². The summed E-state index contributed by atoms with van der Waals surface area (Å²) in [6.45, 7) is 0. The molecule has 0 aromatic heterocycles. The molecule has 1 saturated carbocycles. The molecular formula is C5H9BF4K-. The summed E-state index contributed by atoms with van der Waals surface area (Å²) in [5, 5.41) is 0. The summed E-state index contributed by atoms with van der Waals surface area (Å²) in [5.41, 5.74) is 0. The van der Waals surface area contributed by atoms with E-state index in [1.165, 1.54) is 25.7 Å². The predicted molar refractivity (Wildman–Crippen MR) is 33.0 cm³/mol. The molecule has 1 aliphatic rings. The summed E-state index contributed by atoms with van der Waals surface area (Å²) in [5.74, 6) is 0. The maximum absolute atomic E-state index is 9.75. The maximum Gasteiger partial charge on any atom is 1.00 e. The van der Waals surface area contributed by atoms with Gasteiger partial charge in [-0.05, 0) is 0 Å². The van der Waals surface area contributed by atoms with Crippen molar-refractivity contribution in [3.05, 3.63) is 6.42 Å². The van der Waals surface area contributed by atoms with Crippen LogP contribution < -0.4 is 51.4 Å². The summed E-state index contributed by atoms with van der Waals surface area (Å²) in [4.78, 5) is 0. The molecule has 1 rings (SSSR count). The van der Waals surface area contributed by atoms with Gasteiger partial charge in [0.25, 0.3) is 0 Å². The van der Waals surface area contributed by atoms with Crippen LogP contribution in [0.5, 0.6) is 0 Å². The molecule has 0 spiro atoms. The summed E-state index contributed by atoms with van der Waals surface area (Å²) in [7, 11) is -6.00. The van der Waals surface area contributed by atoms with Crippen molar-refractivity contribution in [1.29, 1.82) is 0 Å². The Morgan fingerprint density at radius 3 is 1.27 bits per heavy atom. The molecule has 0 radical (unpaired) electrons. The minimum atomic E-state index is -6.00. The molecule has 6 heteroatoms. The van der Waals surface area contributed by atoms with Crippen LogP contribution in [0.2, 0.25) is 0 Å². The van der Waals surface area contributed by atoms with Crippen molar-refractivity contribution >= 4 is 7.25 Å². The van der Waals surface area contributed by atoms with Gasteiger partial charge in [0.05, 0.1) is 0 Å². The third-order valence-electron chi connectivity index (χ3n) is 1.07. The fraction of sp³-hybridized carbons (Fsp3) is 0.800. The molecule has 0 amide bonds. The molecule has 0 aromatic rings. The van der Waals surface area contributed by atoms with Crippen molar-refractivity contribution in [2.45, 2.75) is 25.7 Å². The first-order chi connectivity index (χ1) is 4.50. The van der Waals surface area contributed by atoms with E-state index in [2.05, 4.69) is 6.42 Å². The number of halogens is 4. The van der Waals surface area contributed by atoms with Gasteiger partial charge in [0.2, 0.25) is 0 Å². The average molecular weight is 195 g/mol. The van der Waals surface area contributed by atoms with E-state index in [0.717, 1.165) is 0 Å². The Morgan fingerprint density at radius 2 is 1.18 bits per heavy atom. The zero-order valence-electron chi connectivity index (χ0n) is 6.49. The first-order valence-corrected chi connectivity index (χ1v) is 3.19. The molecule has 0 heterocycles. The summed E-state index contributed by atoms with van der Waals surface area (Å²) >= 11 is 0. The monoisotopic (exact) mass is 195 g/mol. The fourth-order valence-electron chi connectivity index (χ4n) is 0.722. The quantitative estimate of drug-likeness (QED) is 0.291. The van der Waals surface area contributed by atoms with Crippen molar-refractivity contribution < 1.29 is 68.6 Å². The normalized spacial score (nSPS) is 16.4. The van der Waals surface area contributed by atoms with Gasteiger partial charge < -0.3 is 23.7 Å². The first-order valence-electron chi connectivity index (χ1n) is 3.19. The second-order valence-corrected chi connectivity index (χ2v) is 2.07. The predicted octanol–water partition coefficient (Wildman–Crippen LogP) is 0.0687. The molecule has 0 saturated heterocycles. The third-order valence-corrected chi connectivity index (χ3v) is 1.07. The zero-order valence-corrected chi connectivity index (χ0v) is 9.62. The van der Waals surface area contributed by atoms with Gasteiger partial charge in [-0.15, -0.1) is 0 Å². The Hall–Kier alpha value is 1.42. The van der Waals surface area contributed by atoms with E-state index in [1.54, 1.807) is 0 Å². The average Bonchev–Trinajstić information content (AvgIpc) is 2.07. The van der Waals surface area contributed by atoms with E-state index < -0.39 is 7.25 Å². The van der Waals surface area contributed by atoms with Crippen LogP contribution in [0.25, 0.3) is 0 Å².